The second kappa shape index (κ2) is 7.14. The number of anilines is 1. The van der Waals surface area contributed by atoms with Gasteiger partial charge in [-0.1, -0.05) is 6.07 Å². The van der Waals surface area contributed by atoms with Crippen LogP contribution in [0.2, 0.25) is 0 Å². The molecule has 0 aliphatic carbocycles. The first kappa shape index (κ1) is 17.1. The van der Waals surface area contributed by atoms with Crippen molar-refractivity contribution in [3.8, 4) is 5.75 Å². The second-order valence-corrected chi connectivity index (χ2v) is 5.82. The van der Waals surface area contributed by atoms with Crippen LogP contribution in [0.5, 0.6) is 5.75 Å². The third-order valence-corrected chi connectivity index (χ3v) is 3.23. The minimum atomic E-state index is -4.12. The predicted octanol–water partition coefficient (Wildman–Crippen LogP) is 0.945. The molecule has 0 aromatic heterocycles. The summed E-state index contributed by atoms with van der Waals surface area (Å²) in [5.41, 5.74) is 6.45. The maximum Gasteiger partial charge on any atom is 0.422 e. The average molecular weight is 317 g/mol. The maximum atomic E-state index is 11.8. The van der Waals surface area contributed by atoms with Gasteiger partial charge in [0.2, 0.25) is 0 Å². The van der Waals surface area contributed by atoms with Crippen LogP contribution in [-0.2, 0) is 21.5 Å². The van der Waals surface area contributed by atoms with Gasteiger partial charge >= 0.3 is 16.3 Å². The van der Waals surface area contributed by atoms with Gasteiger partial charge in [0.05, 0.1) is 18.9 Å². The number of nitrogens with one attached hydrogen (secondary N) is 2. The van der Waals surface area contributed by atoms with Crippen molar-refractivity contribution in [2.75, 3.05) is 11.8 Å². The minimum absolute atomic E-state index is 0.180. The molecule has 0 unspecified atom stereocenters. The molecule has 0 radical (unpaired) electrons. The molecule has 1 aromatic rings. The molecule has 0 aliphatic heterocycles. The van der Waals surface area contributed by atoms with Crippen LogP contribution < -0.4 is 19.9 Å². The lowest BCUT2D eigenvalue weighted by Gasteiger charge is -2.14. The van der Waals surface area contributed by atoms with E-state index in [0.29, 0.717) is 12.3 Å². The number of carbonyl (C=O) groups is 1. The largest absolute Gasteiger partial charge is 0.495 e. The van der Waals surface area contributed by atoms with Crippen LogP contribution in [0.15, 0.2) is 18.2 Å². The fourth-order valence-electron chi connectivity index (χ4n) is 1.47. The van der Waals surface area contributed by atoms with E-state index in [2.05, 4.69) is 4.72 Å². The van der Waals surface area contributed by atoms with E-state index in [1.807, 2.05) is 0 Å². The summed E-state index contributed by atoms with van der Waals surface area (Å²) >= 11 is 0. The second-order valence-electron chi connectivity index (χ2n) is 4.40. The summed E-state index contributed by atoms with van der Waals surface area (Å²) in [4.78, 5) is 11.3. The Hall–Kier alpha value is -2.00. The number of ether oxygens (including phenoxy) is 2. The first-order valence-electron chi connectivity index (χ1n) is 6.15. The van der Waals surface area contributed by atoms with Gasteiger partial charge in [-0.3, -0.25) is 4.72 Å². The SMILES string of the molecule is COc1cc(CN)ccc1NS(=O)(=O)NC(=O)OC(C)C. The Labute approximate surface area is 123 Å². The summed E-state index contributed by atoms with van der Waals surface area (Å²) in [5.74, 6) is 0.292. The van der Waals surface area contributed by atoms with Gasteiger partial charge in [0.25, 0.3) is 0 Å². The van der Waals surface area contributed by atoms with Crippen molar-refractivity contribution in [3.63, 3.8) is 0 Å². The standard InChI is InChI=1S/C12H19N3O5S/c1-8(2)20-12(16)15-21(17,18)14-10-5-4-9(7-13)6-11(10)19-3/h4-6,8,14H,7,13H2,1-3H3,(H,15,16). The minimum Gasteiger partial charge on any atom is -0.495 e. The van der Waals surface area contributed by atoms with E-state index in [1.165, 1.54) is 13.2 Å². The Kier molecular flexibility index (Phi) is 5.79. The highest BCUT2D eigenvalue weighted by Crippen LogP contribution is 2.26. The van der Waals surface area contributed by atoms with Gasteiger partial charge in [-0.2, -0.15) is 8.42 Å². The monoisotopic (exact) mass is 317 g/mol. The zero-order valence-corrected chi connectivity index (χ0v) is 12.9. The molecule has 0 heterocycles. The molecule has 0 bridgehead atoms. The molecule has 0 saturated carbocycles. The number of hydrogen-bond donors (Lipinski definition) is 3. The molecule has 1 aromatic carbocycles. The van der Waals surface area contributed by atoms with E-state index in [0.717, 1.165) is 5.56 Å². The molecule has 0 fully saturated rings. The zero-order chi connectivity index (χ0) is 16.0. The lowest BCUT2D eigenvalue weighted by molar-refractivity contribution is 0.121. The number of amides is 1. The van der Waals surface area contributed by atoms with Gasteiger partial charge in [0.15, 0.2) is 0 Å². The lowest BCUT2D eigenvalue weighted by Crippen LogP contribution is -2.36. The number of nitrogens with two attached hydrogens (primary N) is 1. The molecule has 1 rings (SSSR count). The fraction of sp³-hybridized carbons (Fsp3) is 0.417. The van der Waals surface area contributed by atoms with Crippen molar-refractivity contribution in [2.24, 2.45) is 5.73 Å². The van der Waals surface area contributed by atoms with E-state index in [9.17, 15) is 13.2 Å². The number of methoxy groups -OCH3 is 1. The van der Waals surface area contributed by atoms with Crippen LogP contribution in [0.3, 0.4) is 0 Å². The number of benzene rings is 1. The Bertz CT molecular complexity index is 601. The molecule has 0 atom stereocenters. The van der Waals surface area contributed by atoms with Crippen molar-refractivity contribution < 1.29 is 22.7 Å². The Morgan fingerprint density at radius 3 is 2.57 bits per heavy atom. The smallest absolute Gasteiger partial charge is 0.422 e. The molecule has 0 aliphatic rings. The van der Waals surface area contributed by atoms with E-state index in [4.69, 9.17) is 15.2 Å². The van der Waals surface area contributed by atoms with E-state index in [1.54, 1.807) is 30.7 Å². The first-order valence-corrected chi connectivity index (χ1v) is 7.64. The van der Waals surface area contributed by atoms with E-state index < -0.39 is 22.4 Å². The van der Waals surface area contributed by atoms with Crippen LogP contribution in [-0.4, -0.2) is 27.7 Å². The fourth-order valence-corrected chi connectivity index (χ4v) is 2.24. The van der Waals surface area contributed by atoms with Gasteiger partial charge in [0, 0.05) is 6.54 Å². The van der Waals surface area contributed by atoms with Crippen LogP contribution in [0.4, 0.5) is 10.5 Å². The van der Waals surface area contributed by atoms with Crippen LogP contribution >= 0.6 is 0 Å². The van der Waals surface area contributed by atoms with Crippen molar-refractivity contribution >= 4 is 22.0 Å². The van der Waals surface area contributed by atoms with Crippen molar-refractivity contribution in [1.82, 2.24) is 4.72 Å². The molecule has 4 N–H and O–H groups in total. The van der Waals surface area contributed by atoms with Crippen LogP contribution in [0, 0.1) is 0 Å². The number of rotatable bonds is 6. The predicted molar refractivity (Wildman–Crippen MR) is 78.2 cm³/mol. The van der Waals surface area contributed by atoms with E-state index >= 15 is 0 Å². The molecule has 0 spiro atoms. The normalized spacial score (nSPS) is 11.1. The van der Waals surface area contributed by atoms with Gasteiger partial charge < -0.3 is 15.2 Å². The van der Waals surface area contributed by atoms with Crippen LogP contribution in [0.25, 0.3) is 0 Å². The Balaban J connectivity index is 2.86. The van der Waals surface area contributed by atoms with Crippen molar-refractivity contribution in [1.29, 1.82) is 0 Å². The Morgan fingerprint density at radius 2 is 2.05 bits per heavy atom. The number of carbonyl (C=O) groups excluding carboxylic acids is 1. The molecular formula is C12H19N3O5S. The summed E-state index contributed by atoms with van der Waals surface area (Å²) < 4.78 is 37.3. The highest BCUT2D eigenvalue weighted by molar-refractivity contribution is 7.91. The molecule has 21 heavy (non-hydrogen) atoms. The average Bonchev–Trinajstić information content (AvgIpc) is 2.36. The summed E-state index contributed by atoms with van der Waals surface area (Å²) in [6.07, 6.45) is -1.49. The summed E-state index contributed by atoms with van der Waals surface area (Å²) in [5, 5.41) is 0. The third kappa shape index (κ3) is 5.48. The van der Waals surface area contributed by atoms with Crippen molar-refractivity contribution in [3.05, 3.63) is 23.8 Å². The quantitative estimate of drug-likeness (QED) is 0.718. The summed E-state index contributed by atoms with van der Waals surface area (Å²) in [6.45, 7) is 3.50. The molecule has 1 amide bonds. The Morgan fingerprint density at radius 1 is 1.38 bits per heavy atom. The molecule has 0 saturated heterocycles. The molecule has 118 valence electrons. The lowest BCUT2D eigenvalue weighted by atomic mass is 10.2. The molecule has 9 heteroatoms. The zero-order valence-electron chi connectivity index (χ0n) is 12.0. The maximum absolute atomic E-state index is 11.8. The first-order chi connectivity index (χ1) is 9.77. The number of hydrogen-bond acceptors (Lipinski definition) is 6. The van der Waals surface area contributed by atoms with Crippen LogP contribution in [0.1, 0.15) is 19.4 Å². The van der Waals surface area contributed by atoms with E-state index in [-0.39, 0.29) is 5.69 Å². The summed E-state index contributed by atoms with van der Waals surface area (Å²) in [6, 6.07) is 4.74. The van der Waals surface area contributed by atoms with Gasteiger partial charge in [0.1, 0.15) is 5.75 Å². The van der Waals surface area contributed by atoms with Gasteiger partial charge in [-0.25, -0.2) is 9.52 Å². The third-order valence-electron chi connectivity index (χ3n) is 2.31. The van der Waals surface area contributed by atoms with Gasteiger partial charge in [-0.15, -0.1) is 0 Å². The highest BCUT2D eigenvalue weighted by Gasteiger charge is 2.18. The highest BCUT2D eigenvalue weighted by atomic mass is 32.2. The molecule has 8 nitrogen and oxygen atoms in total. The van der Waals surface area contributed by atoms with Crippen molar-refractivity contribution in [2.45, 2.75) is 26.5 Å². The molecular weight excluding hydrogens is 298 g/mol. The topological polar surface area (TPSA) is 120 Å². The summed E-state index contributed by atoms with van der Waals surface area (Å²) in [7, 11) is -2.72. The van der Waals surface area contributed by atoms with Gasteiger partial charge in [-0.05, 0) is 31.5 Å².